The van der Waals surface area contributed by atoms with E-state index >= 15 is 0 Å². The summed E-state index contributed by atoms with van der Waals surface area (Å²) in [5.74, 6) is -2.12. The number of hydrogen-bond acceptors (Lipinski definition) is 2. The van der Waals surface area contributed by atoms with Crippen LogP contribution in [0.2, 0.25) is 0 Å². The average Bonchev–Trinajstić information content (AvgIpc) is 2.28. The van der Waals surface area contributed by atoms with Gasteiger partial charge in [-0.1, -0.05) is 0 Å². The van der Waals surface area contributed by atoms with Gasteiger partial charge in [0.05, 0.1) is 0 Å². The van der Waals surface area contributed by atoms with Gasteiger partial charge in [-0.2, -0.15) is 5.10 Å². The summed E-state index contributed by atoms with van der Waals surface area (Å²) < 4.78 is 26.5. The minimum atomic E-state index is -2.59. The molecule has 0 unspecified atom stereocenters. The molecule has 0 aliphatic heterocycles. The Morgan fingerprint density at radius 1 is 1.57 bits per heavy atom. The van der Waals surface area contributed by atoms with Gasteiger partial charge in [0, 0.05) is 24.7 Å². The van der Waals surface area contributed by atoms with E-state index in [0.29, 0.717) is 18.8 Å². The van der Waals surface area contributed by atoms with Gasteiger partial charge in [0.1, 0.15) is 5.82 Å². The van der Waals surface area contributed by atoms with E-state index in [1.54, 1.807) is 10.9 Å². The van der Waals surface area contributed by atoms with Crippen molar-refractivity contribution in [2.24, 2.45) is 0 Å². The van der Waals surface area contributed by atoms with Gasteiger partial charge in [0.15, 0.2) is 0 Å². The fraction of sp³-hybridized carbons (Fsp3) is 0.667. The number of rotatable bonds is 4. The maximum atomic E-state index is 12.5. The Balaban J connectivity index is 2.39. The van der Waals surface area contributed by atoms with Gasteiger partial charge in [0.2, 0.25) is 5.92 Å². The van der Waals surface area contributed by atoms with E-state index in [4.69, 9.17) is 5.73 Å². The Labute approximate surface area is 81.9 Å². The van der Waals surface area contributed by atoms with Crippen molar-refractivity contribution in [2.45, 2.75) is 39.2 Å². The Kier molecular flexibility index (Phi) is 3.08. The number of aryl methyl sites for hydroxylation is 2. The Morgan fingerprint density at radius 3 is 2.64 bits per heavy atom. The van der Waals surface area contributed by atoms with Crippen LogP contribution in [0, 0.1) is 6.92 Å². The first kappa shape index (κ1) is 10.9. The number of aromatic nitrogens is 2. The highest BCUT2D eigenvalue weighted by atomic mass is 19.3. The van der Waals surface area contributed by atoms with E-state index in [9.17, 15) is 8.78 Å². The molecule has 0 bridgehead atoms. The van der Waals surface area contributed by atoms with Gasteiger partial charge < -0.3 is 5.73 Å². The number of halogens is 2. The molecule has 0 atom stereocenters. The first-order valence-corrected chi connectivity index (χ1v) is 4.56. The summed E-state index contributed by atoms with van der Waals surface area (Å²) in [4.78, 5) is 0. The predicted octanol–water partition coefficient (Wildman–Crippen LogP) is 2.21. The van der Waals surface area contributed by atoms with E-state index in [0.717, 1.165) is 12.5 Å². The Morgan fingerprint density at radius 2 is 2.21 bits per heavy atom. The van der Waals surface area contributed by atoms with E-state index in [1.165, 1.54) is 0 Å². The van der Waals surface area contributed by atoms with Crippen LogP contribution in [-0.4, -0.2) is 15.7 Å². The second-order valence-electron chi connectivity index (χ2n) is 3.63. The predicted molar refractivity (Wildman–Crippen MR) is 51.2 cm³/mol. The lowest BCUT2D eigenvalue weighted by Crippen LogP contribution is -2.11. The van der Waals surface area contributed by atoms with Crippen LogP contribution >= 0.6 is 0 Å². The fourth-order valence-corrected chi connectivity index (χ4v) is 1.20. The highest BCUT2D eigenvalue weighted by molar-refractivity contribution is 5.35. The molecule has 1 aromatic heterocycles. The molecular weight excluding hydrogens is 188 g/mol. The number of nitrogens with two attached hydrogens (primary N) is 1. The SMILES string of the molecule is Cc1cn(CCCC(C)(F)F)nc1N. The molecular formula is C9H15F2N3. The van der Waals surface area contributed by atoms with Gasteiger partial charge >= 0.3 is 0 Å². The molecule has 5 heteroatoms. The van der Waals surface area contributed by atoms with Crippen LogP contribution in [0.5, 0.6) is 0 Å². The van der Waals surface area contributed by atoms with E-state index in [1.807, 2.05) is 6.92 Å². The standard InChI is InChI=1S/C9H15F2N3/c1-7-6-14(13-8(7)12)5-3-4-9(2,10)11/h6H,3-5H2,1-2H3,(H2,12,13). The molecule has 0 aromatic carbocycles. The molecule has 0 saturated carbocycles. The lowest BCUT2D eigenvalue weighted by molar-refractivity contribution is 0.00972. The van der Waals surface area contributed by atoms with Crippen LogP contribution in [0.1, 0.15) is 25.3 Å². The third-order valence-corrected chi connectivity index (χ3v) is 1.99. The molecule has 1 heterocycles. The molecule has 1 aromatic rings. The van der Waals surface area contributed by atoms with Crippen LogP contribution in [-0.2, 0) is 6.54 Å². The van der Waals surface area contributed by atoms with Crippen molar-refractivity contribution in [3.05, 3.63) is 11.8 Å². The van der Waals surface area contributed by atoms with Crippen molar-refractivity contribution >= 4 is 5.82 Å². The van der Waals surface area contributed by atoms with Gasteiger partial charge in [-0.25, -0.2) is 8.78 Å². The summed E-state index contributed by atoms with van der Waals surface area (Å²) in [6, 6.07) is 0. The summed E-state index contributed by atoms with van der Waals surface area (Å²) in [7, 11) is 0. The molecule has 0 amide bonds. The first-order chi connectivity index (χ1) is 6.38. The average molecular weight is 203 g/mol. The van der Waals surface area contributed by atoms with Gasteiger partial charge in [0.25, 0.3) is 0 Å². The number of anilines is 1. The summed E-state index contributed by atoms with van der Waals surface area (Å²) >= 11 is 0. The van der Waals surface area contributed by atoms with Crippen molar-refractivity contribution < 1.29 is 8.78 Å². The molecule has 14 heavy (non-hydrogen) atoms. The van der Waals surface area contributed by atoms with Crippen LogP contribution in [0.25, 0.3) is 0 Å². The summed E-state index contributed by atoms with van der Waals surface area (Å²) in [5.41, 5.74) is 6.40. The maximum absolute atomic E-state index is 12.5. The van der Waals surface area contributed by atoms with Gasteiger partial charge in [-0.05, 0) is 20.3 Å². The summed E-state index contributed by atoms with van der Waals surface area (Å²) in [6.07, 6.45) is 2.05. The molecule has 0 aliphatic rings. The van der Waals surface area contributed by atoms with Gasteiger partial charge in [-0.15, -0.1) is 0 Å². The van der Waals surface area contributed by atoms with Crippen LogP contribution in [0.4, 0.5) is 14.6 Å². The molecule has 2 N–H and O–H groups in total. The van der Waals surface area contributed by atoms with Gasteiger partial charge in [-0.3, -0.25) is 4.68 Å². The van der Waals surface area contributed by atoms with E-state index in [2.05, 4.69) is 5.10 Å². The molecule has 1 rings (SSSR count). The van der Waals surface area contributed by atoms with Crippen molar-refractivity contribution in [1.82, 2.24) is 9.78 Å². The highest BCUT2D eigenvalue weighted by Gasteiger charge is 2.19. The van der Waals surface area contributed by atoms with Crippen molar-refractivity contribution in [2.75, 3.05) is 5.73 Å². The summed E-state index contributed by atoms with van der Waals surface area (Å²) in [5, 5.41) is 3.98. The largest absolute Gasteiger partial charge is 0.382 e. The Bertz CT molecular complexity index is 282. The highest BCUT2D eigenvalue weighted by Crippen LogP contribution is 2.19. The second kappa shape index (κ2) is 3.94. The van der Waals surface area contributed by atoms with E-state index < -0.39 is 5.92 Å². The van der Waals surface area contributed by atoms with Crippen LogP contribution < -0.4 is 5.73 Å². The molecule has 0 saturated heterocycles. The number of nitrogens with zero attached hydrogens (tertiary/aromatic N) is 2. The minimum Gasteiger partial charge on any atom is -0.382 e. The number of hydrogen-bond donors (Lipinski definition) is 1. The number of nitrogen functional groups attached to an aromatic ring is 1. The normalized spacial score (nSPS) is 12.0. The maximum Gasteiger partial charge on any atom is 0.245 e. The van der Waals surface area contributed by atoms with Crippen LogP contribution in [0.15, 0.2) is 6.20 Å². The molecule has 0 aliphatic carbocycles. The van der Waals surface area contributed by atoms with Crippen molar-refractivity contribution in [3.8, 4) is 0 Å². The molecule has 80 valence electrons. The topological polar surface area (TPSA) is 43.8 Å². The summed E-state index contributed by atoms with van der Waals surface area (Å²) in [6.45, 7) is 3.25. The quantitative estimate of drug-likeness (QED) is 0.815. The second-order valence-corrected chi connectivity index (χ2v) is 3.63. The Hall–Kier alpha value is -1.13. The number of alkyl halides is 2. The lowest BCUT2D eigenvalue weighted by atomic mass is 10.2. The molecule has 3 nitrogen and oxygen atoms in total. The van der Waals surface area contributed by atoms with E-state index in [-0.39, 0.29) is 6.42 Å². The zero-order valence-electron chi connectivity index (χ0n) is 8.43. The van der Waals surface area contributed by atoms with Crippen LogP contribution in [0.3, 0.4) is 0 Å². The third-order valence-electron chi connectivity index (χ3n) is 1.99. The van der Waals surface area contributed by atoms with Crippen molar-refractivity contribution in [3.63, 3.8) is 0 Å². The zero-order valence-corrected chi connectivity index (χ0v) is 8.43. The fourth-order valence-electron chi connectivity index (χ4n) is 1.20. The lowest BCUT2D eigenvalue weighted by Gasteiger charge is -2.08. The monoisotopic (exact) mass is 203 g/mol. The molecule has 0 spiro atoms. The smallest absolute Gasteiger partial charge is 0.245 e. The zero-order chi connectivity index (χ0) is 10.8. The minimum absolute atomic E-state index is 0.119. The first-order valence-electron chi connectivity index (χ1n) is 4.56. The van der Waals surface area contributed by atoms with Crippen molar-refractivity contribution in [1.29, 1.82) is 0 Å². The third kappa shape index (κ3) is 3.32. The molecule has 0 fully saturated rings. The molecule has 0 radical (unpaired) electrons.